The van der Waals surface area contributed by atoms with Gasteiger partial charge in [-0.2, -0.15) is 0 Å². The molecule has 1 aromatic heterocycles. The van der Waals surface area contributed by atoms with E-state index in [0.29, 0.717) is 5.56 Å². The topological polar surface area (TPSA) is 40.5 Å². The molecule has 2 aromatic rings. The predicted octanol–water partition coefficient (Wildman–Crippen LogP) is 3.52. The number of hydrogen-bond donors (Lipinski definition) is 1. The van der Waals surface area contributed by atoms with Crippen LogP contribution in [0.4, 0.5) is 0 Å². The Bertz CT molecular complexity index is 662. The maximum Gasteiger partial charge on any atom is 0.254 e. The molecule has 0 saturated carbocycles. The van der Waals surface area contributed by atoms with Crippen LogP contribution in [0.1, 0.15) is 39.3 Å². The Hall–Kier alpha value is -1.81. The third-order valence-corrected chi connectivity index (χ3v) is 4.98. The minimum absolute atomic E-state index is 0.0480. The van der Waals surface area contributed by atoms with Crippen LogP contribution in [0.3, 0.4) is 0 Å². The highest BCUT2D eigenvalue weighted by atomic mass is 32.1. The van der Waals surface area contributed by atoms with Crippen molar-refractivity contribution in [1.82, 2.24) is 4.90 Å². The Morgan fingerprint density at radius 2 is 2.20 bits per heavy atom. The molecule has 0 bridgehead atoms. The van der Waals surface area contributed by atoms with E-state index in [4.69, 9.17) is 0 Å². The van der Waals surface area contributed by atoms with Crippen molar-refractivity contribution in [2.45, 2.75) is 26.3 Å². The summed E-state index contributed by atoms with van der Waals surface area (Å²) in [5, 5.41) is 11.6. The van der Waals surface area contributed by atoms with E-state index >= 15 is 0 Å². The Morgan fingerprint density at radius 1 is 1.40 bits per heavy atom. The summed E-state index contributed by atoms with van der Waals surface area (Å²) in [5.41, 5.74) is 2.76. The number of phenolic OH excluding ortho intramolecular Hbond substituents is 1. The number of aryl methyl sites for hydroxylation is 1. The SMILES string of the molecule is Cc1cc(O)ccc1C(=O)N1CCc2sccc2C1C. The molecule has 1 aliphatic heterocycles. The van der Waals surface area contributed by atoms with Crippen molar-refractivity contribution in [2.75, 3.05) is 6.54 Å². The van der Waals surface area contributed by atoms with Gasteiger partial charge in [0, 0.05) is 17.0 Å². The molecule has 1 unspecified atom stereocenters. The molecule has 20 heavy (non-hydrogen) atoms. The lowest BCUT2D eigenvalue weighted by molar-refractivity contribution is 0.0678. The molecule has 1 N–H and O–H groups in total. The average molecular weight is 287 g/mol. The lowest BCUT2D eigenvalue weighted by atomic mass is 9.99. The molecular formula is C16H17NO2S. The van der Waals surface area contributed by atoms with Gasteiger partial charge in [0.1, 0.15) is 5.75 Å². The van der Waals surface area contributed by atoms with Gasteiger partial charge in [-0.3, -0.25) is 4.79 Å². The van der Waals surface area contributed by atoms with Crippen LogP contribution in [0, 0.1) is 6.92 Å². The van der Waals surface area contributed by atoms with Crippen molar-refractivity contribution in [3.8, 4) is 5.75 Å². The number of carbonyl (C=O) groups excluding carboxylic acids is 1. The lowest BCUT2D eigenvalue weighted by Crippen LogP contribution is -2.38. The van der Waals surface area contributed by atoms with Gasteiger partial charge in [0.2, 0.25) is 0 Å². The van der Waals surface area contributed by atoms with Gasteiger partial charge < -0.3 is 10.0 Å². The number of rotatable bonds is 1. The fourth-order valence-corrected chi connectivity index (χ4v) is 3.79. The van der Waals surface area contributed by atoms with E-state index in [0.717, 1.165) is 18.5 Å². The molecule has 1 aromatic carbocycles. The van der Waals surface area contributed by atoms with Gasteiger partial charge in [-0.05, 0) is 61.0 Å². The molecule has 0 fully saturated rings. The molecule has 1 amide bonds. The fraction of sp³-hybridized carbons (Fsp3) is 0.312. The number of fused-ring (bicyclic) bond motifs is 1. The summed E-state index contributed by atoms with van der Waals surface area (Å²) in [6.45, 7) is 4.70. The lowest BCUT2D eigenvalue weighted by Gasteiger charge is -2.34. The van der Waals surface area contributed by atoms with Gasteiger partial charge in [-0.25, -0.2) is 0 Å². The summed E-state index contributed by atoms with van der Waals surface area (Å²) < 4.78 is 0. The van der Waals surface area contributed by atoms with Crippen molar-refractivity contribution < 1.29 is 9.90 Å². The minimum atomic E-state index is 0.0480. The first-order valence-electron chi connectivity index (χ1n) is 6.75. The Labute approximate surface area is 122 Å². The van der Waals surface area contributed by atoms with E-state index in [1.165, 1.54) is 10.4 Å². The summed E-state index contributed by atoms with van der Waals surface area (Å²) in [7, 11) is 0. The average Bonchev–Trinajstić information content (AvgIpc) is 2.87. The quantitative estimate of drug-likeness (QED) is 0.871. The summed E-state index contributed by atoms with van der Waals surface area (Å²) >= 11 is 1.77. The largest absolute Gasteiger partial charge is 0.508 e. The molecule has 3 nitrogen and oxygen atoms in total. The van der Waals surface area contributed by atoms with Crippen LogP contribution in [0.25, 0.3) is 0 Å². The van der Waals surface area contributed by atoms with Crippen molar-refractivity contribution >= 4 is 17.2 Å². The molecule has 1 aliphatic rings. The maximum absolute atomic E-state index is 12.7. The number of amides is 1. The third-order valence-electron chi connectivity index (χ3n) is 3.98. The molecule has 2 heterocycles. The van der Waals surface area contributed by atoms with Crippen molar-refractivity contribution in [3.05, 3.63) is 51.2 Å². The first-order valence-corrected chi connectivity index (χ1v) is 7.62. The second-order valence-corrected chi connectivity index (χ2v) is 6.22. The normalized spacial score (nSPS) is 17.9. The summed E-state index contributed by atoms with van der Waals surface area (Å²) in [6, 6.07) is 7.16. The van der Waals surface area contributed by atoms with Crippen molar-refractivity contribution in [3.63, 3.8) is 0 Å². The Balaban J connectivity index is 1.92. The first-order chi connectivity index (χ1) is 9.58. The van der Waals surface area contributed by atoms with Crippen molar-refractivity contribution in [2.24, 2.45) is 0 Å². The molecule has 3 rings (SSSR count). The number of carbonyl (C=O) groups is 1. The molecule has 0 radical (unpaired) electrons. The molecule has 0 saturated heterocycles. The van der Waals surface area contributed by atoms with E-state index in [-0.39, 0.29) is 17.7 Å². The number of benzene rings is 1. The van der Waals surface area contributed by atoms with Gasteiger partial charge in [0.05, 0.1) is 6.04 Å². The number of thiophene rings is 1. The number of aromatic hydroxyl groups is 1. The van der Waals surface area contributed by atoms with E-state index < -0.39 is 0 Å². The third kappa shape index (κ3) is 2.10. The second-order valence-electron chi connectivity index (χ2n) is 5.22. The zero-order chi connectivity index (χ0) is 14.3. The van der Waals surface area contributed by atoms with Crippen LogP contribution < -0.4 is 0 Å². The van der Waals surface area contributed by atoms with Crippen LogP contribution in [-0.2, 0) is 6.42 Å². The Kier molecular flexibility index (Phi) is 3.26. The van der Waals surface area contributed by atoms with E-state index in [1.807, 2.05) is 11.8 Å². The van der Waals surface area contributed by atoms with E-state index in [2.05, 4.69) is 18.4 Å². The zero-order valence-electron chi connectivity index (χ0n) is 11.6. The molecule has 0 spiro atoms. The summed E-state index contributed by atoms with van der Waals surface area (Å²) in [5.74, 6) is 0.248. The summed E-state index contributed by atoms with van der Waals surface area (Å²) in [4.78, 5) is 16.0. The van der Waals surface area contributed by atoms with Crippen LogP contribution in [0.15, 0.2) is 29.6 Å². The smallest absolute Gasteiger partial charge is 0.254 e. The van der Waals surface area contributed by atoms with Crippen LogP contribution in [0.5, 0.6) is 5.75 Å². The molecule has 0 aliphatic carbocycles. The van der Waals surface area contributed by atoms with Crippen LogP contribution in [0.2, 0.25) is 0 Å². The molecular weight excluding hydrogens is 270 g/mol. The van der Waals surface area contributed by atoms with Gasteiger partial charge >= 0.3 is 0 Å². The van der Waals surface area contributed by atoms with Crippen LogP contribution >= 0.6 is 11.3 Å². The highest BCUT2D eigenvalue weighted by Gasteiger charge is 2.29. The Morgan fingerprint density at radius 3 is 2.95 bits per heavy atom. The maximum atomic E-state index is 12.7. The first kappa shape index (κ1) is 13.2. The second kappa shape index (κ2) is 4.94. The summed E-state index contributed by atoms with van der Waals surface area (Å²) in [6.07, 6.45) is 0.931. The van der Waals surface area contributed by atoms with Gasteiger partial charge in [0.15, 0.2) is 0 Å². The van der Waals surface area contributed by atoms with E-state index in [9.17, 15) is 9.90 Å². The zero-order valence-corrected chi connectivity index (χ0v) is 12.4. The fourth-order valence-electron chi connectivity index (χ4n) is 2.83. The number of phenols is 1. The van der Waals surface area contributed by atoms with Crippen molar-refractivity contribution in [1.29, 1.82) is 0 Å². The highest BCUT2D eigenvalue weighted by molar-refractivity contribution is 7.10. The molecule has 104 valence electrons. The highest BCUT2D eigenvalue weighted by Crippen LogP contribution is 2.34. The van der Waals surface area contributed by atoms with Gasteiger partial charge in [0.25, 0.3) is 5.91 Å². The minimum Gasteiger partial charge on any atom is -0.508 e. The van der Waals surface area contributed by atoms with E-state index in [1.54, 1.807) is 29.5 Å². The van der Waals surface area contributed by atoms with Crippen LogP contribution in [-0.4, -0.2) is 22.5 Å². The number of nitrogens with zero attached hydrogens (tertiary/aromatic N) is 1. The predicted molar refractivity (Wildman–Crippen MR) is 80.3 cm³/mol. The standard InChI is InChI=1S/C16H17NO2S/c1-10-9-12(18)3-4-13(10)16(19)17-7-5-15-14(11(17)2)6-8-20-15/h3-4,6,8-9,11,18H,5,7H2,1-2H3. The number of hydrogen-bond acceptors (Lipinski definition) is 3. The van der Waals surface area contributed by atoms with Gasteiger partial charge in [-0.15, -0.1) is 11.3 Å². The molecule has 4 heteroatoms. The molecule has 1 atom stereocenters. The van der Waals surface area contributed by atoms with Gasteiger partial charge in [-0.1, -0.05) is 0 Å². The monoisotopic (exact) mass is 287 g/mol.